The Morgan fingerprint density at radius 2 is 2.21 bits per heavy atom. The van der Waals surface area contributed by atoms with Crippen molar-refractivity contribution in [2.24, 2.45) is 5.73 Å². The summed E-state index contributed by atoms with van der Waals surface area (Å²) in [6.07, 6.45) is -2.13. The molecule has 0 saturated carbocycles. The SMILES string of the molecule is CCC[C@H](N)C(=O)N(Cc1ccco1)CC(F)(F)F. The van der Waals surface area contributed by atoms with Gasteiger partial charge in [-0.2, -0.15) is 13.2 Å². The Bertz CT molecular complexity index is 390. The standard InChI is InChI=1S/C12H17F3N2O2/c1-2-4-10(16)11(18)17(8-12(13,14)15)7-9-5-3-6-19-9/h3,5-6,10H,2,4,7-8,16H2,1H3/t10-/m0/s1. The average molecular weight is 278 g/mol. The van der Waals surface area contributed by atoms with Gasteiger partial charge in [-0.3, -0.25) is 4.79 Å². The number of hydrogen-bond donors (Lipinski definition) is 1. The summed E-state index contributed by atoms with van der Waals surface area (Å²) in [4.78, 5) is 12.6. The second-order valence-corrected chi connectivity index (χ2v) is 4.28. The smallest absolute Gasteiger partial charge is 0.406 e. The highest BCUT2D eigenvalue weighted by atomic mass is 19.4. The maximum absolute atomic E-state index is 12.5. The maximum atomic E-state index is 12.5. The summed E-state index contributed by atoms with van der Waals surface area (Å²) in [5.74, 6) is -0.420. The number of nitrogens with two attached hydrogens (primary N) is 1. The van der Waals surface area contributed by atoms with Gasteiger partial charge in [-0.1, -0.05) is 13.3 Å². The molecule has 19 heavy (non-hydrogen) atoms. The molecule has 0 aliphatic heterocycles. The van der Waals surface area contributed by atoms with Crippen LogP contribution in [0.2, 0.25) is 0 Å². The first-order valence-electron chi connectivity index (χ1n) is 5.97. The van der Waals surface area contributed by atoms with Gasteiger partial charge in [0.1, 0.15) is 12.3 Å². The predicted octanol–water partition coefficient (Wildman–Crippen LogP) is 2.30. The molecule has 108 valence electrons. The van der Waals surface area contributed by atoms with E-state index in [2.05, 4.69) is 0 Å². The van der Waals surface area contributed by atoms with E-state index < -0.39 is 24.7 Å². The largest absolute Gasteiger partial charge is 0.467 e. The Balaban J connectivity index is 2.76. The topological polar surface area (TPSA) is 59.5 Å². The molecule has 0 aliphatic rings. The number of nitrogens with zero attached hydrogens (tertiary/aromatic N) is 1. The normalized spacial score (nSPS) is 13.3. The third kappa shape index (κ3) is 5.34. The first-order chi connectivity index (χ1) is 8.83. The van der Waals surface area contributed by atoms with E-state index in [0.29, 0.717) is 23.5 Å². The van der Waals surface area contributed by atoms with Gasteiger partial charge in [-0.25, -0.2) is 0 Å². The predicted molar refractivity (Wildman–Crippen MR) is 63.1 cm³/mol. The molecule has 1 aromatic heterocycles. The molecule has 0 unspecified atom stereocenters. The van der Waals surface area contributed by atoms with E-state index in [9.17, 15) is 18.0 Å². The van der Waals surface area contributed by atoms with Crippen LogP contribution in [-0.2, 0) is 11.3 Å². The van der Waals surface area contributed by atoms with Crippen LogP contribution >= 0.6 is 0 Å². The van der Waals surface area contributed by atoms with Crippen LogP contribution in [0.4, 0.5) is 13.2 Å². The Hall–Kier alpha value is -1.50. The first-order valence-corrected chi connectivity index (χ1v) is 5.97. The van der Waals surface area contributed by atoms with Crippen molar-refractivity contribution in [2.45, 2.75) is 38.5 Å². The molecular formula is C12H17F3N2O2. The van der Waals surface area contributed by atoms with Crippen molar-refractivity contribution in [1.29, 1.82) is 0 Å². The molecular weight excluding hydrogens is 261 g/mol. The quantitative estimate of drug-likeness (QED) is 0.868. The van der Waals surface area contributed by atoms with Gasteiger partial charge in [0.15, 0.2) is 0 Å². The minimum atomic E-state index is -4.46. The molecule has 7 heteroatoms. The molecule has 0 spiro atoms. The van der Waals surface area contributed by atoms with E-state index in [1.165, 1.54) is 12.3 Å². The van der Waals surface area contributed by atoms with Crippen molar-refractivity contribution < 1.29 is 22.4 Å². The number of halogens is 3. The van der Waals surface area contributed by atoms with Gasteiger partial charge in [0.05, 0.1) is 18.8 Å². The molecule has 1 atom stereocenters. The minimum Gasteiger partial charge on any atom is -0.467 e. The zero-order valence-electron chi connectivity index (χ0n) is 10.6. The molecule has 0 aliphatic carbocycles. The van der Waals surface area contributed by atoms with E-state index in [4.69, 9.17) is 10.2 Å². The van der Waals surface area contributed by atoms with Gasteiger partial charge in [-0.15, -0.1) is 0 Å². The van der Waals surface area contributed by atoms with Gasteiger partial charge >= 0.3 is 6.18 Å². The van der Waals surface area contributed by atoms with Crippen LogP contribution in [0.3, 0.4) is 0 Å². The Morgan fingerprint density at radius 1 is 1.53 bits per heavy atom. The molecule has 1 heterocycles. The van der Waals surface area contributed by atoms with Crippen LogP contribution in [0, 0.1) is 0 Å². The highest BCUT2D eigenvalue weighted by molar-refractivity contribution is 5.81. The lowest BCUT2D eigenvalue weighted by atomic mass is 10.1. The second-order valence-electron chi connectivity index (χ2n) is 4.28. The van der Waals surface area contributed by atoms with Crippen molar-refractivity contribution in [1.82, 2.24) is 4.90 Å². The molecule has 4 nitrogen and oxygen atoms in total. The molecule has 0 fully saturated rings. The second kappa shape index (κ2) is 6.60. The number of hydrogen-bond acceptors (Lipinski definition) is 3. The number of carbonyl (C=O) groups excluding carboxylic acids is 1. The fraction of sp³-hybridized carbons (Fsp3) is 0.583. The number of carbonyl (C=O) groups is 1. The molecule has 0 aromatic carbocycles. The highest BCUT2D eigenvalue weighted by Gasteiger charge is 2.34. The summed E-state index contributed by atoms with van der Waals surface area (Å²) in [6, 6.07) is 2.15. The van der Waals surface area contributed by atoms with Gasteiger partial charge in [-0.05, 0) is 18.6 Å². The zero-order valence-corrected chi connectivity index (χ0v) is 10.6. The van der Waals surface area contributed by atoms with E-state index in [1.807, 2.05) is 6.92 Å². The van der Waals surface area contributed by atoms with Crippen LogP contribution in [0.5, 0.6) is 0 Å². The third-order valence-electron chi connectivity index (χ3n) is 2.53. The van der Waals surface area contributed by atoms with Crippen LogP contribution < -0.4 is 5.73 Å². The molecule has 2 N–H and O–H groups in total. The molecule has 1 amide bonds. The lowest BCUT2D eigenvalue weighted by Gasteiger charge is -2.25. The Kier molecular flexibility index (Phi) is 5.41. The molecule has 0 bridgehead atoms. The van der Waals surface area contributed by atoms with E-state index >= 15 is 0 Å². The van der Waals surface area contributed by atoms with Crippen LogP contribution in [0.25, 0.3) is 0 Å². The molecule has 1 aromatic rings. The van der Waals surface area contributed by atoms with Crippen LogP contribution in [0.1, 0.15) is 25.5 Å². The van der Waals surface area contributed by atoms with Crippen LogP contribution in [-0.4, -0.2) is 29.6 Å². The molecule has 0 saturated heterocycles. The monoisotopic (exact) mass is 278 g/mol. The first kappa shape index (κ1) is 15.6. The molecule has 1 rings (SSSR count). The molecule has 0 radical (unpaired) electrons. The highest BCUT2D eigenvalue weighted by Crippen LogP contribution is 2.19. The summed E-state index contributed by atoms with van der Waals surface area (Å²) in [6.45, 7) is 0.250. The Labute approximate surface area is 109 Å². The van der Waals surface area contributed by atoms with E-state index in [0.717, 1.165) is 0 Å². The summed E-state index contributed by atoms with van der Waals surface area (Å²) in [5, 5.41) is 0. The van der Waals surface area contributed by atoms with Crippen LogP contribution in [0.15, 0.2) is 22.8 Å². The zero-order chi connectivity index (χ0) is 14.5. The van der Waals surface area contributed by atoms with Gasteiger partial charge in [0, 0.05) is 0 Å². The maximum Gasteiger partial charge on any atom is 0.406 e. The average Bonchev–Trinajstić information content (AvgIpc) is 2.78. The van der Waals surface area contributed by atoms with Gasteiger partial charge < -0.3 is 15.1 Å². The van der Waals surface area contributed by atoms with Crippen molar-refractivity contribution in [2.75, 3.05) is 6.54 Å². The number of rotatable bonds is 6. The van der Waals surface area contributed by atoms with E-state index in [-0.39, 0.29) is 6.54 Å². The summed E-state index contributed by atoms with van der Waals surface area (Å²) in [7, 11) is 0. The summed E-state index contributed by atoms with van der Waals surface area (Å²) >= 11 is 0. The third-order valence-corrected chi connectivity index (χ3v) is 2.53. The fourth-order valence-electron chi connectivity index (χ4n) is 1.69. The number of alkyl halides is 3. The summed E-state index contributed by atoms with van der Waals surface area (Å²) in [5.41, 5.74) is 5.59. The van der Waals surface area contributed by atoms with E-state index in [1.54, 1.807) is 6.07 Å². The summed E-state index contributed by atoms with van der Waals surface area (Å²) < 4.78 is 42.4. The van der Waals surface area contributed by atoms with Crippen molar-refractivity contribution in [3.05, 3.63) is 24.2 Å². The number of furan rings is 1. The lowest BCUT2D eigenvalue weighted by molar-refractivity contribution is -0.163. The van der Waals surface area contributed by atoms with Gasteiger partial charge in [0.25, 0.3) is 0 Å². The van der Waals surface area contributed by atoms with Gasteiger partial charge in [0.2, 0.25) is 5.91 Å². The fourth-order valence-corrected chi connectivity index (χ4v) is 1.69. The lowest BCUT2D eigenvalue weighted by Crippen LogP contribution is -2.46. The van der Waals surface area contributed by atoms with Crippen molar-refractivity contribution in [3.8, 4) is 0 Å². The number of amides is 1. The Morgan fingerprint density at radius 3 is 2.68 bits per heavy atom. The van der Waals surface area contributed by atoms with Crippen molar-refractivity contribution >= 4 is 5.91 Å². The minimum absolute atomic E-state index is 0.233. The van der Waals surface area contributed by atoms with Crippen molar-refractivity contribution in [3.63, 3.8) is 0 Å².